The fourth-order valence-corrected chi connectivity index (χ4v) is 3.19. The molecule has 0 fully saturated rings. The molecular weight excluding hydrogens is 383 g/mol. The molecule has 129 valence electrons. The van der Waals surface area contributed by atoms with Gasteiger partial charge in [0.05, 0.1) is 11.4 Å². The third kappa shape index (κ3) is 4.03. The van der Waals surface area contributed by atoms with Crippen LogP contribution in [0.3, 0.4) is 0 Å². The van der Waals surface area contributed by atoms with Crippen molar-refractivity contribution in [2.24, 2.45) is 0 Å². The van der Waals surface area contributed by atoms with Crippen molar-refractivity contribution in [1.82, 2.24) is 19.9 Å². The second-order valence-corrected chi connectivity index (χ2v) is 6.20. The summed E-state index contributed by atoms with van der Waals surface area (Å²) in [6, 6.07) is 16.7. The van der Waals surface area contributed by atoms with E-state index in [0.717, 1.165) is 57.7 Å². The molecule has 0 spiro atoms. The van der Waals surface area contributed by atoms with Gasteiger partial charge in [-0.3, -0.25) is 4.98 Å². The monoisotopic (exact) mass is 399 g/mol. The molecule has 2 aliphatic heterocycles. The normalized spacial score (nSPS) is 12.3. The summed E-state index contributed by atoms with van der Waals surface area (Å²) in [5.74, 6) is 0. The summed E-state index contributed by atoms with van der Waals surface area (Å²) >= 11 is 0. The number of nitrogens with one attached hydrogen (secondary N) is 2. The summed E-state index contributed by atoms with van der Waals surface area (Å²) in [7, 11) is 0. The van der Waals surface area contributed by atoms with E-state index >= 15 is 0 Å². The Morgan fingerprint density at radius 1 is 0.654 bits per heavy atom. The molecule has 0 saturated heterocycles. The van der Waals surface area contributed by atoms with E-state index in [9.17, 15) is 0 Å². The van der Waals surface area contributed by atoms with E-state index < -0.39 is 0 Å². The molecule has 0 unspecified atom stereocenters. The largest absolute Gasteiger partial charge is 1.00 e. The molecule has 0 aromatic carbocycles. The summed E-state index contributed by atoms with van der Waals surface area (Å²) < 4.78 is 0. The van der Waals surface area contributed by atoms with Crippen LogP contribution in [0.4, 0.5) is 0 Å². The van der Waals surface area contributed by atoms with Gasteiger partial charge in [0.1, 0.15) is 0 Å². The van der Waals surface area contributed by atoms with Crippen molar-refractivity contribution >= 4 is 34.2 Å². The zero-order valence-electron chi connectivity index (χ0n) is 15.4. The van der Waals surface area contributed by atoms with Crippen LogP contribution >= 0.6 is 0 Å². The second-order valence-electron chi connectivity index (χ2n) is 6.20. The van der Waals surface area contributed by atoms with Gasteiger partial charge in [0.2, 0.25) is 0 Å². The molecule has 0 aliphatic carbocycles. The number of aromatic nitrogens is 4. The molecule has 0 amide bonds. The Morgan fingerprint density at radius 2 is 1.08 bits per heavy atom. The Labute approximate surface area is 185 Å². The smallest absolute Gasteiger partial charge is 1.00 e. The maximum atomic E-state index is 4.75. The van der Waals surface area contributed by atoms with E-state index in [0.29, 0.717) is 0 Å². The first-order valence-corrected chi connectivity index (χ1v) is 8.14. The predicted octanol–water partition coefficient (Wildman–Crippen LogP) is 1.38. The topological polar surface area (TPSA) is 57.4 Å². The van der Waals surface area contributed by atoms with E-state index in [1.54, 1.807) is 0 Å². The number of aryl methyl sites for hydroxylation is 2. The van der Waals surface area contributed by atoms with Crippen molar-refractivity contribution in [3.8, 4) is 0 Å². The van der Waals surface area contributed by atoms with Gasteiger partial charge in [-0.15, -0.1) is 0 Å². The summed E-state index contributed by atoms with van der Waals surface area (Å²) in [6.45, 7) is 0. The van der Waals surface area contributed by atoms with E-state index in [2.05, 4.69) is 63.5 Å². The van der Waals surface area contributed by atoms with Crippen molar-refractivity contribution < 1.29 is 48.1 Å². The third-order valence-electron chi connectivity index (χ3n) is 4.32. The van der Waals surface area contributed by atoms with Gasteiger partial charge in [0, 0.05) is 50.5 Å². The maximum Gasteiger partial charge on any atom is 1.00 e. The van der Waals surface area contributed by atoms with Crippen LogP contribution in [0.5, 0.6) is 0 Å². The summed E-state index contributed by atoms with van der Waals surface area (Å²) in [5.41, 5.74) is 8.40. The van der Waals surface area contributed by atoms with Gasteiger partial charge in [-0.1, -0.05) is 0 Å². The Kier molecular flexibility index (Phi) is 5.85. The van der Waals surface area contributed by atoms with Crippen molar-refractivity contribution in [3.63, 3.8) is 0 Å². The average Bonchev–Trinajstić information content (AvgIpc) is 3.32. The van der Waals surface area contributed by atoms with Gasteiger partial charge in [0.25, 0.3) is 0 Å². The number of fused-ring (bicyclic) bond motifs is 8. The number of nitrogens with zero attached hydrogens (tertiary/aromatic N) is 2. The van der Waals surface area contributed by atoms with Crippen LogP contribution in [0.15, 0.2) is 48.5 Å². The Balaban J connectivity index is 0.000000871. The molecule has 3 aromatic rings. The molecular formula is C20H17CuN4Na. The Bertz CT molecular complexity index is 1050. The molecule has 26 heavy (non-hydrogen) atoms. The molecule has 2 aliphatic rings. The van der Waals surface area contributed by atoms with E-state index in [1.807, 2.05) is 12.2 Å². The first-order valence-electron chi connectivity index (χ1n) is 8.14. The molecule has 3 aromatic heterocycles. The number of hydrogen-bond acceptors (Lipinski definition) is 2. The summed E-state index contributed by atoms with van der Waals surface area (Å²) in [5, 5.41) is 0. The van der Waals surface area contributed by atoms with Crippen molar-refractivity contribution in [1.29, 1.82) is 0 Å². The van der Waals surface area contributed by atoms with Gasteiger partial charge in [-0.25, -0.2) is 4.98 Å². The summed E-state index contributed by atoms with van der Waals surface area (Å²) in [6.07, 6.45) is 6.03. The minimum Gasteiger partial charge on any atom is -1.00 e. The fourth-order valence-electron chi connectivity index (χ4n) is 3.19. The van der Waals surface area contributed by atoms with E-state index in [4.69, 9.17) is 4.98 Å². The molecule has 2 N–H and O–H groups in total. The van der Waals surface area contributed by atoms with Crippen LogP contribution in [0.1, 0.15) is 24.2 Å². The quantitative estimate of drug-likeness (QED) is 0.439. The van der Waals surface area contributed by atoms with Crippen LogP contribution in [-0.4, -0.2) is 19.9 Å². The minimum absolute atomic E-state index is 0. The second kappa shape index (κ2) is 7.95. The van der Waals surface area contributed by atoms with Gasteiger partial charge < -0.3 is 11.4 Å². The van der Waals surface area contributed by atoms with Gasteiger partial charge in [0.15, 0.2) is 0 Å². The molecule has 0 saturated carbocycles. The zero-order valence-corrected chi connectivity index (χ0v) is 17.3. The molecule has 1 radical (unpaired) electrons. The van der Waals surface area contributed by atoms with E-state index in [1.165, 1.54) is 0 Å². The number of aromatic amines is 2. The van der Waals surface area contributed by atoms with Crippen LogP contribution in [-0.2, 0) is 29.9 Å². The first kappa shape index (κ1) is 19.1. The predicted molar refractivity (Wildman–Crippen MR) is 98.4 cm³/mol. The molecule has 5 rings (SSSR count). The van der Waals surface area contributed by atoms with Crippen molar-refractivity contribution in [2.45, 2.75) is 12.8 Å². The number of hydrogen-bond donors (Lipinski definition) is 2. The van der Waals surface area contributed by atoms with Crippen LogP contribution < -0.4 is 29.6 Å². The Hall–Kier alpha value is -1.62. The summed E-state index contributed by atoms with van der Waals surface area (Å²) in [4.78, 5) is 16.2. The molecule has 0 atom stereocenters. The van der Waals surface area contributed by atoms with Crippen molar-refractivity contribution in [2.75, 3.05) is 0 Å². The van der Waals surface area contributed by atoms with Gasteiger partial charge in [-0.2, -0.15) is 0 Å². The third-order valence-corrected chi connectivity index (χ3v) is 4.32. The SMILES string of the molecule is C1=Cc2cc3ccc(cc4nc(cc5ccc(cc1n2)[nH]5)CC4)[nH]3.[Cu].[H-].[Na+]. The number of H-pyrrole nitrogens is 2. The fraction of sp³-hybridized carbons (Fsp3) is 0.100. The zero-order chi connectivity index (χ0) is 15.9. The number of rotatable bonds is 0. The maximum absolute atomic E-state index is 4.75. The minimum atomic E-state index is 0. The molecule has 8 bridgehead atoms. The van der Waals surface area contributed by atoms with Gasteiger partial charge >= 0.3 is 29.6 Å². The molecule has 5 heterocycles. The Morgan fingerprint density at radius 3 is 1.54 bits per heavy atom. The van der Waals surface area contributed by atoms with Crippen molar-refractivity contribution in [3.05, 3.63) is 71.3 Å². The van der Waals surface area contributed by atoms with Crippen LogP contribution in [0.25, 0.3) is 34.2 Å². The molecule has 6 heteroatoms. The standard InChI is InChI=1S/C20H16N4.Cu.Na.H/c1-2-14-10-16-5-6-18(23-16)12-20-8-7-19(24-20)11-17-4-3-15(22-17)9-13(1)21-14;;;/h1-6,9-12,22-23H,7-8H2;;;/q;;+1;-1. The van der Waals surface area contributed by atoms with E-state index in [-0.39, 0.29) is 48.1 Å². The first-order chi connectivity index (χ1) is 11.8. The molecule has 4 nitrogen and oxygen atoms in total. The van der Waals surface area contributed by atoms with Gasteiger partial charge in [-0.05, 0) is 73.5 Å². The van der Waals surface area contributed by atoms with Crippen LogP contribution in [0.2, 0.25) is 0 Å². The van der Waals surface area contributed by atoms with Crippen LogP contribution in [0, 0.1) is 0 Å². The average molecular weight is 400 g/mol.